The Bertz CT molecular complexity index is 472. The van der Waals surface area contributed by atoms with Crippen LogP contribution in [0.15, 0.2) is 18.2 Å². The molecule has 1 saturated heterocycles. The normalized spacial score (nSPS) is 24.3. The molecule has 2 rings (SSSR count). The molecule has 4 nitrogen and oxygen atoms in total. The van der Waals surface area contributed by atoms with Crippen molar-refractivity contribution in [1.29, 1.82) is 0 Å². The van der Waals surface area contributed by atoms with Crippen LogP contribution >= 0.6 is 0 Å². The van der Waals surface area contributed by atoms with Gasteiger partial charge in [-0.15, -0.1) is 0 Å². The number of carbonyl (C=O) groups is 1. The van der Waals surface area contributed by atoms with E-state index in [0.717, 1.165) is 19.5 Å². The van der Waals surface area contributed by atoms with Crippen LogP contribution in [0.1, 0.15) is 30.6 Å². The molecular formula is C15H21NO3. The summed E-state index contributed by atoms with van der Waals surface area (Å²) in [5.74, 6) is 0.861. The van der Waals surface area contributed by atoms with Crippen LogP contribution in [0.4, 0.5) is 0 Å². The summed E-state index contributed by atoms with van der Waals surface area (Å²) in [4.78, 5) is 14.3. The lowest BCUT2D eigenvalue weighted by molar-refractivity contribution is 0.0849. The number of carbonyl (C=O) groups excluding carboxylic acids is 1. The van der Waals surface area contributed by atoms with E-state index >= 15 is 0 Å². The third-order valence-corrected chi connectivity index (χ3v) is 4.08. The minimum Gasteiger partial charge on any atom is -0.504 e. The molecule has 0 amide bonds. The van der Waals surface area contributed by atoms with Gasteiger partial charge in [-0.1, -0.05) is 13.8 Å². The average Bonchev–Trinajstić information content (AvgIpc) is 2.37. The van der Waals surface area contributed by atoms with Gasteiger partial charge in [0.2, 0.25) is 0 Å². The standard InChI is InChI=1S/C15H21NO3/c1-10-5-6-16(8-11(10)2)9-15(19)12-3-4-13(17)14(18)7-12/h3-4,7,10-11,17-18H,5-6,8-9H2,1-2H3. The van der Waals surface area contributed by atoms with E-state index in [1.165, 1.54) is 12.1 Å². The largest absolute Gasteiger partial charge is 0.504 e. The first-order valence-electron chi connectivity index (χ1n) is 6.75. The van der Waals surface area contributed by atoms with Crippen molar-refractivity contribution in [2.45, 2.75) is 20.3 Å². The van der Waals surface area contributed by atoms with E-state index < -0.39 is 0 Å². The Balaban J connectivity index is 1.99. The number of hydrogen-bond donors (Lipinski definition) is 2. The summed E-state index contributed by atoms with van der Waals surface area (Å²) in [6.07, 6.45) is 1.12. The van der Waals surface area contributed by atoms with E-state index in [-0.39, 0.29) is 17.3 Å². The Morgan fingerprint density at radius 1 is 1.26 bits per heavy atom. The zero-order valence-corrected chi connectivity index (χ0v) is 11.5. The summed E-state index contributed by atoms with van der Waals surface area (Å²) >= 11 is 0. The summed E-state index contributed by atoms with van der Waals surface area (Å²) in [7, 11) is 0. The van der Waals surface area contributed by atoms with E-state index in [1.54, 1.807) is 6.07 Å². The number of phenolic OH excluding ortho intramolecular Hbond substituents is 2. The molecule has 1 aliphatic heterocycles. The van der Waals surface area contributed by atoms with E-state index in [0.29, 0.717) is 23.9 Å². The molecule has 104 valence electrons. The highest BCUT2D eigenvalue weighted by molar-refractivity contribution is 5.98. The molecule has 1 aliphatic rings. The second kappa shape index (κ2) is 5.61. The summed E-state index contributed by atoms with van der Waals surface area (Å²) in [5, 5.41) is 18.7. The van der Waals surface area contributed by atoms with E-state index in [2.05, 4.69) is 18.7 Å². The van der Waals surface area contributed by atoms with Crippen molar-refractivity contribution >= 4 is 5.78 Å². The van der Waals surface area contributed by atoms with Crippen molar-refractivity contribution in [2.24, 2.45) is 11.8 Å². The van der Waals surface area contributed by atoms with Crippen molar-refractivity contribution in [2.75, 3.05) is 19.6 Å². The molecule has 2 atom stereocenters. The lowest BCUT2D eigenvalue weighted by Gasteiger charge is -2.34. The molecule has 1 heterocycles. The fraction of sp³-hybridized carbons (Fsp3) is 0.533. The Morgan fingerprint density at radius 2 is 2.00 bits per heavy atom. The van der Waals surface area contributed by atoms with Gasteiger partial charge in [0.1, 0.15) is 0 Å². The van der Waals surface area contributed by atoms with E-state index in [9.17, 15) is 15.0 Å². The van der Waals surface area contributed by atoms with Gasteiger partial charge < -0.3 is 10.2 Å². The van der Waals surface area contributed by atoms with Crippen LogP contribution in [0.3, 0.4) is 0 Å². The Morgan fingerprint density at radius 3 is 2.63 bits per heavy atom. The Hall–Kier alpha value is -1.55. The predicted molar refractivity (Wildman–Crippen MR) is 73.5 cm³/mol. The monoisotopic (exact) mass is 263 g/mol. The lowest BCUT2D eigenvalue weighted by Crippen LogP contribution is -2.41. The van der Waals surface area contributed by atoms with Crippen molar-refractivity contribution < 1.29 is 15.0 Å². The molecule has 1 aromatic rings. The second-order valence-electron chi connectivity index (χ2n) is 5.61. The van der Waals surface area contributed by atoms with Crippen LogP contribution in [0.2, 0.25) is 0 Å². The molecule has 0 spiro atoms. The molecule has 19 heavy (non-hydrogen) atoms. The van der Waals surface area contributed by atoms with Crippen LogP contribution in [-0.4, -0.2) is 40.5 Å². The number of benzene rings is 1. The molecule has 2 unspecified atom stereocenters. The van der Waals surface area contributed by atoms with Gasteiger partial charge in [0.05, 0.1) is 6.54 Å². The smallest absolute Gasteiger partial charge is 0.176 e. The molecular weight excluding hydrogens is 242 g/mol. The lowest BCUT2D eigenvalue weighted by atomic mass is 9.88. The second-order valence-corrected chi connectivity index (χ2v) is 5.61. The number of Topliss-reactive ketones (excluding diaryl/α,β-unsaturated/α-hetero) is 1. The quantitative estimate of drug-likeness (QED) is 0.648. The Labute approximate surface area is 113 Å². The molecule has 0 saturated carbocycles. The summed E-state index contributed by atoms with van der Waals surface area (Å²) in [6.45, 7) is 6.73. The number of hydrogen-bond acceptors (Lipinski definition) is 4. The zero-order chi connectivity index (χ0) is 14.0. The highest BCUT2D eigenvalue weighted by atomic mass is 16.3. The Kier molecular flexibility index (Phi) is 4.10. The molecule has 0 aliphatic carbocycles. The van der Waals surface area contributed by atoms with E-state index in [4.69, 9.17) is 0 Å². The third-order valence-electron chi connectivity index (χ3n) is 4.08. The first kappa shape index (κ1) is 13.9. The molecule has 1 aromatic carbocycles. The SMILES string of the molecule is CC1CCN(CC(=O)c2ccc(O)c(O)c2)CC1C. The van der Waals surface area contributed by atoms with Crippen LogP contribution in [0.25, 0.3) is 0 Å². The topological polar surface area (TPSA) is 60.8 Å². The van der Waals surface area contributed by atoms with Crippen LogP contribution in [0.5, 0.6) is 11.5 Å². The van der Waals surface area contributed by atoms with Crippen LogP contribution < -0.4 is 0 Å². The third kappa shape index (κ3) is 3.26. The first-order chi connectivity index (χ1) is 8.97. The van der Waals surface area contributed by atoms with Gasteiger partial charge in [0, 0.05) is 12.1 Å². The van der Waals surface area contributed by atoms with Crippen LogP contribution in [0, 0.1) is 11.8 Å². The van der Waals surface area contributed by atoms with E-state index in [1.807, 2.05) is 0 Å². The van der Waals surface area contributed by atoms with Gasteiger partial charge in [-0.25, -0.2) is 0 Å². The summed E-state index contributed by atoms with van der Waals surface area (Å²) in [6, 6.07) is 4.23. The molecule has 2 N–H and O–H groups in total. The maximum atomic E-state index is 12.1. The molecule has 0 bridgehead atoms. The maximum Gasteiger partial charge on any atom is 0.176 e. The number of ketones is 1. The minimum absolute atomic E-state index is 0.0166. The fourth-order valence-corrected chi connectivity index (χ4v) is 2.48. The van der Waals surface area contributed by atoms with Gasteiger partial charge in [-0.2, -0.15) is 0 Å². The average molecular weight is 263 g/mol. The fourth-order valence-electron chi connectivity index (χ4n) is 2.48. The van der Waals surface area contributed by atoms with Crippen molar-refractivity contribution in [3.05, 3.63) is 23.8 Å². The predicted octanol–water partition coefficient (Wildman–Crippen LogP) is 2.26. The van der Waals surface area contributed by atoms with Gasteiger partial charge in [-0.05, 0) is 43.0 Å². The van der Waals surface area contributed by atoms with Crippen LogP contribution in [-0.2, 0) is 0 Å². The molecule has 1 fully saturated rings. The van der Waals surface area contributed by atoms with Gasteiger partial charge in [0.15, 0.2) is 17.3 Å². The highest BCUT2D eigenvalue weighted by Crippen LogP contribution is 2.26. The number of piperidine rings is 1. The minimum atomic E-state index is -0.244. The van der Waals surface area contributed by atoms with Crippen molar-refractivity contribution in [3.8, 4) is 11.5 Å². The summed E-state index contributed by atoms with van der Waals surface area (Å²) in [5.41, 5.74) is 0.446. The molecule has 0 aromatic heterocycles. The number of phenols is 2. The number of likely N-dealkylation sites (tertiary alicyclic amines) is 1. The summed E-state index contributed by atoms with van der Waals surface area (Å²) < 4.78 is 0. The number of nitrogens with zero attached hydrogens (tertiary/aromatic N) is 1. The van der Waals surface area contributed by atoms with Crippen molar-refractivity contribution in [1.82, 2.24) is 4.90 Å². The van der Waals surface area contributed by atoms with Gasteiger partial charge in [0.25, 0.3) is 0 Å². The molecule has 4 heteroatoms. The zero-order valence-electron chi connectivity index (χ0n) is 11.5. The number of aromatic hydroxyl groups is 2. The molecule has 0 radical (unpaired) electrons. The van der Waals surface area contributed by atoms with Crippen molar-refractivity contribution in [3.63, 3.8) is 0 Å². The number of rotatable bonds is 3. The maximum absolute atomic E-state index is 12.1. The van der Waals surface area contributed by atoms with Gasteiger partial charge in [-0.3, -0.25) is 9.69 Å². The van der Waals surface area contributed by atoms with Gasteiger partial charge >= 0.3 is 0 Å². The first-order valence-corrected chi connectivity index (χ1v) is 6.75. The highest BCUT2D eigenvalue weighted by Gasteiger charge is 2.24.